The highest BCUT2D eigenvalue weighted by atomic mass is 16.3. The number of carbonyl (C=O) groups is 1. The van der Waals surface area contributed by atoms with E-state index in [1.54, 1.807) is 19.1 Å². The van der Waals surface area contributed by atoms with Gasteiger partial charge in [-0.15, -0.1) is 0 Å². The number of aromatic hydroxyl groups is 1. The van der Waals surface area contributed by atoms with Gasteiger partial charge in [0.1, 0.15) is 5.75 Å². The van der Waals surface area contributed by atoms with E-state index in [-0.39, 0.29) is 11.7 Å². The highest BCUT2D eigenvalue weighted by molar-refractivity contribution is 5.96. The lowest BCUT2D eigenvalue weighted by Crippen LogP contribution is -2.39. The minimum atomic E-state index is 0.0550. The number of amides is 1. The van der Waals surface area contributed by atoms with Crippen LogP contribution in [0.25, 0.3) is 0 Å². The third-order valence-electron chi connectivity index (χ3n) is 4.97. The van der Waals surface area contributed by atoms with E-state index in [0.29, 0.717) is 23.2 Å². The second kappa shape index (κ2) is 5.09. The normalized spacial score (nSPS) is 26.6. The third kappa shape index (κ3) is 2.18. The van der Waals surface area contributed by atoms with Crippen LogP contribution in [-0.2, 0) is 0 Å². The average molecular weight is 274 g/mol. The van der Waals surface area contributed by atoms with Crippen molar-refractivity contribution < 1.29 is 9.90 Å². The summed E-state index contributed by atoms with van der Waals surface area (Å²) in [6, 6.07) is 6.30. The summed E-state index contributed by atoms with van der Waals surface area (Å²) in [4.78, 5) is 17.1. The Labute approximate surface area is 120 Å². The molecule has 108 valence electrons. The SMILES string of the molecule is Cc1c(O)cccc1C(=O)N1CCC2CCC(C1)N2C. The first-order valence-electron chi connectivity index (χ1n) is 7.37. The Kier molecular flexibility index (Phi) is 3.42. The number of hydrogen-bond donors (Lipinski definition) is 1. The Balaban J connectivity index is 1.82. The molecule has 0 saturated carbocycles. The van der Waals surface area contributed by atoms with E-state index in [1.807, 2.05) is 11.0 Å². The fourth-order valence-electron chi connectivity index (χ4n) is 3.52. The molecule has 2 aliphatic rings. The van der Waals surface area contributed by atoms with Crippen molar-refractivity contribution in [1.82, 2.24) is 9.80 Å². The Morgan fingerprint density at radius 3 is 2.80 bits per heavy atom. The summed E-state index contributed by atoms with van der Waals surface area (Å²) >= 11 is 0. The number of benzene rings is 1. The van der Waals surface area contributed by atoms with Gasteiger partial charge in [-0.2, -0.15) is 0 Å². The molecule has 0 radical (unpaired) electrons. The quantitative estimate of drug-likeness (QED) is 0.852. The van der Waals surface area contributed by atoms with E-state index in [2.05, 4.69) is 11.9 Å². The molecule has 4 nitrogen and oxygen atoms in total. The van der Waals surface area contributed by atoms with E-state index in [1.165, 1.54) is 12.8 Å². The van der Waals surface area contributed by atoms with Gasteiger partial charge in [0.2, 0.25) is 0 Å². The Hall–Kier alpha value is -1.55. The van der Waals surface area contributed by atoms with Crippen LogP contribution < -0.4 is 0 Å². The number of hydrogen-bond acceptors (Lipinski definition) is 3. The number of phenolic OH excluding ortho intramolecular Hbond substituents is 1. The standard InChI is InChI=1S/C16H22N2O2/c1-11-14(4-3-5-15(11)19)16(20)18-9-8-12-6-7-13(10-18)17(12)2/h3-5,12-13,19H,6-10H2,1-2H3. The maximum Gasteiger partial charge on any atom is 0.254 e. The van der Waals surface area contributed by atoms with E-state index in [9.17, 15) is 9.90 Å². The van der Waals surface area contributed by atoms with E-state index in [4.69, 9.17) is 0 Å². The summed E-state index contributed by atoms with van der Waals surface area (Å²) in [6.07, 6.45) is 3.49. The lowest BCUT2D eigenvalue weighted by Gasteiger charge is -2.26. The van der Waals surface area contributed by atoms with E-state index >= 15 is 0 Å². The van der Waals surface area contributed by atoms with Crippen molar-refractivity contribution in [3.8, 4) is 5.75 Å². The van der Waals surface area contributed by atoms with Gasteiger partial charge in [0.25, 0.3) is 5.91 Å². The number of fused-ring (bicyclic) bond motifs is 2. The molecule has 20 heavy (non-hydrogen) atoms. The molecule has 0 aliphatic carbocycles. The van der Waals surface area contributed by atoms with Crippen LogP contribution in [0.2, 0.25) is 0 Å². The molecule has 1 N–H and O–H groups in total. The second-order valence-corrected chi connectivity index (χ2v) is 6.04. The maximum atomic E-state index is 12.7. The van der Waals surface area contributed by atoms with Crippen LogP contribution >= 0.6 is 0 Å². The fraction of sp³-hybridized carbons (Fsp3) is 0.562. The molecule has 2 saturated heterocycles. The molecule has 4 heteroatoms. The number of carbonyl (C=O) groups excluding carboxylic acids is 1. The first kappa shape index (κ1) is 13.4. The van der Waals surface area contributed by atoms with Crippen molar-refractivity contribution in [2.45, 2.75) is 38.3 Å². The Morgan fingerprint density at radius 2 is 2.00 bits per heavy atom. The van der Waals surface area contributed by atoms with E-state index in [0.717, 1.165) is 19.5 Å². The molecular weight excluding hydrogens is 252 g/mol. The molecule has 0 spiro atoms. The van der Waals surface area contributed by atoms with Gasteiger partial charge in [-0.25, -0.2) is 0 Å². The molecule has 0 aromatic heterocycles. The van der Waals surface area contributed by atoms with Crippen LogP contribution in [0.15, 0.2) is 18.2 Å². The molecular formula is C16H22N2O2. The Bertz CT molecular complexity index is 529. The smallest absolute Gasteiger partial charge is 0.254 e. The summed E-state index contributed by atoms with van der Waals surface area (Å²) < 4.78 is 0. The fourth-order valence-corrected chi connectivity index (χ4v) is 3.52. The van der Waals surface area contributed by atoms with E-state index < -0.39 is 0 Å². The summed E-state index contributed by atoms with van der Waals surface area (Å²) in [5, 5.41) is 9.77. The molecule has 3 rings (SSSR count). The highest BCUT2D eigenvalue weighted by Crippen LogP contribution is 2.30. The van der Waals surface area contributed by atoms with Crippen molar-refractivity contribution in [3.63, 3.8) is 0 Å². The molecule has 2 aliphatic heterocycles. The predicted molar refractivity (Wildman–Crippen MR) is 77.9 cm³/mol. The topological polar surface area (TPSA) is 43.8 Å². The largest absolute Gasteiger partial charge is 0.508 e. The first-order valence-corrected chi connectivity index (χ1v) is 7.37. The molecule has 2 heterocycles. The van der Waals surface area contributed by atoms with Crippen molar-refractivity contribution in [2.75, 3.05) is 20.1 Å². The van der Waals surface area contributed by atoms with Gasteiger partial charge in [-0.3, -0.25) is 9.69 Å². The lowest BCUT2D eigenvalue weighted by atomic mass is 10.0. The zero-order chi connectivity index (χ0) is 14.3. The molecule has 2 fully saturated rings. The summed E-state index contributed by atoms with van der Waals surface area (Å²) in [5.41, 5.74) is 1.31. The van der Waals surface area contributed by atoms with Crippen LogP contribution in [0, 0.1) is 6.92 Å². The Morgan fingerprint density at radius 1 is 1.25 bits per heavy atom. The highest BCUT2D eigenvalue weighted by Gasteiger charge is 2.36. The van der Waals surface area contributed by atoms with Gasteiger partial charge in [-0.05, 0) is 45.4 Å². The zero-order valence-electron chi connectivity index (χ0n) is 12.2. The van der Waals surface area contributed by atoms with Crippen LogP contribution in [-0.4, -0.2) is 53.0 Å². The minimum absolute atomic E-state index is 0.0550. The number of rotatable bonds is 1. The van der Waals surface area contributed by atoms with Gasteiger partial charge in [0.05, 0.1) is 0 Å². The molecule has 1 aromatic rings. The van der Waals surface area contributed by atoms with Gasteiger partial charge in [0, 0.05) is 36.3 Å². The number of nitrogens with zero attached hydrogens (tertiary/aromatic N) is 2. The maximum absolute atomic E-state index is 12.7. The molecule has 1 amide bonds. The van der Waals surface area contributed by atoms with Gasteiger partial charge < -0.3 is 10.0 Å². The summed E-state index contributed by atoms with van der Waals surface area (Å²) in [6.45, 7) is 3.43. The van der Waals surface area contributed by atoms with Crippen LogP contribution in [0.3, 0.4) is 0 Å². The average Bonchev–Trinajstić information content (AvgIpc) is 2.66. The van der Waals surface area contributed by atoms with Gasteiger partial charge in [0.15, 0.2) is 0 Å². The second-order valence-electron chi connectivity index (χ2n) is 6.04. The van der Waals surface area contributed by atoms with Crippen molar-refractivity contribution in [3.05, 3.63) is 29.3 Å². The minimum Gasteiger partial charge on any atom is -0.508 e. The van der Waals surface area contributed by atoms with Crippen LogP contribution in [0.1, 0.15) is 35.2 Å². The molecule has 1 aromatic carbocycles. The number of likely N-dealkylation sites (N-methyl/N-ethyl adjacent to an activating group) is 1. The summed E-state index contributed by atoms with van der Waals surface area (Å²) in [7, 11) is 2.18. The lowest BCUT2D eigenvalue weighted by molar-refractivity contribution is 0.0739. The van der Waals surface area contributed by atoms with Crippen molar-refractivity contribution >= 4 is 5.91 Å². The van der Waals surface area contributed by atoms with Crippen molar-refractivity contribution in [2.24, 2.45) is 0 Å². The number of phenols is 1. The third-order valence-corrected chi connectivity index (χ3v) is 4.97. The number of likely N-dealkylation sites (tertiary alicyclic amines) is 1. The predicted octanol–water partition coefficient (Wildman–Crippen LogP) is 2.01. The monoisotopic (exact) mass is 274 g/mol. The van der Waals surface area contributed by atoms with Crippen LogP contribution in [0.5, 0.6) is 5.75 Å². The van der Waals surface area contributed by atoms with Gasteiger partial charge in [-0.1, -0.05) is 6.07 Å². The summed E-state index contributed by atoms with van der Waals surface area (Å²) in [5.74, 6) is 0.253. The van der Waals surface area contributed by atoms with Crippen molar-refractivity contribution in [1.29, 1.82) is 0 Å². The molecule has 2 unspecified atom stereocenters. The van der Waals surface area contributed by atoms with Gasteiger partial charge >= 0.3 is 0 Å². The first-order chi connectivity index (χ1) is 9.58. The van der Waals surface area contributed by atoms with Crippen LogP contribution in [0.4, 0.5) is 0 Å². The zero-order valence-corrected chi connectivity index (χ0v) is 12.2. The molecule has 2 atom stereocenters. The molecule has 2 bridgehead atoms.